The van der Waals surface area contributed by atoms with Crippen LogP contribution in [0.5, 0.6) is 0 Å². The molecule has 1 aliphatic carbocycles. The minimum Gasteiger partial charge on any atom is -0.372 e. The first-order valence-electron chi connectivity index (χ1n) is 6.99. The van der Waals surface area contributed by atoms with Crippen LogP contribution in [0.15, 0.2) is 0 Å². The lowest BCUT2D eigenvalue weighted by atomic mass is 10.0. The molecule has 0 radical (unpaired) electrons. The molecule has 0 bridgehead atoms. The van der Waals surface area contributed by atoms with Crippen LogP contribution in [0.25, 0.3) is 0 Å². The van der Waals surface area contributed by atoms with Gasteiger partial charge in [-0.05, 0) is 19.9 Å². The van der Waals surface area contributed by atoms with Crippen molar-refractivity contribution in [2.45, 2.75) is 31.3 Å². The Hall–Kier alpha value is -0.160. The summed E-state index contributed by atoms with van der Waals surface area (Å²) in [5.74, 6) is 0. The van der Waals surface area contributed by atoms with Gasteiger partial charge in [-0.2, -0.15) is 0 Å². The van der Waals surface area contributed by atoms with Crippen molar-refractivity contribution in [2.75, 3.05) is 52.9 Å². The fourth-order valence-corrected chi connectivity index (χ4v) is 2.89. The number of hydrogen-bond donors (Lipinski definition) is 1. The minimum atomic E-state index is 0.0204. The van der Waals surface area contributed by atoms with Gasteiger partial charge >= 0.3 is 0 Å². The maximum absolute atomic E-state index is 6.09. The molecule has 2 rings (SSSR count). The SMILES string of the molecule is CN1CCN(CCOC2(CN)CCCC2)CC1. The van der Waals surface area contributed by atoms with E-state index >= 15 is 0 Å². The molecule has 1 saturated heterocycles. The third kappa shape index (κ3) is 3.65. The van der Waals surface area contributed by atoms with Crippen LogP contribution in [0, 0.1) is 0 Å². The quantitative estimate of drug-likeness (QED) is 0.762. The summed E-state index contributed by atoms with van der Waals surface area (Å²) in [4.78, 5) is 4.88. The summed E-state index contributed by atoms with van der Waals surface area (Å²) >= 11 is 0. The van der Waals surface area contributed by atoms with E-state index < -0.39 is 0 Å². The Morgan fingerprint density at radius 2 is 1.76 bits per heavy atom. The molecule has 2 aliphatic rings. The first-order chi connectivity index (χ1) is 8.24. The third-order valence-corrected chi connectivity index (χ3v) is 4.30. The highest BCUT2D eigenvalue weighted by atomic mass is 16.5. The Labute approximate surface area is 105 Å². The molecule has 4 heteroatoms. The van der Waals surface area contributed by atoms with E-state index in [-0.39, 0.29) is 5.60 Å². The molecular formula is C13H27N3O. The lowest BCUT2D eigenvalue weighted by molar-refractivity contribution is -0.0439. The topological polar surface area (TPSA) is 41.7 Å². The van der Waals surface area contributed by atoms with E-state index in [1.807, 2.05) is 0 Å². The normalized spacial score (nSPS) is 26.5. The molecule has 0 aromatic rings. The molecule has 1 aliphatic heterocycles. The summed E-state index contributed by atoms with van der Waals surface area (Å²) in [7, 11) is 2.19. The molecule has 0 atom stereocenters. The van der Waals surface area contributed by atoms with Crippen LogP contribution < -0.4 is 5.73 Å². The molecule has 2 N–H and O–H groups in total. The Morgan fingerprint density at radius 3 is 2.35 bits per heavy atom. The van der Waals surface area contributed by atoms with Gasteiger partial charge in [0.25, 0.3) is 0 Å². The van der Waals surface area contributed by atoms with Gasteiger partial charge in [0.05, 0.1) is 12.2 Å². The summed E-state index contributed by atoms with van der Waals surface area (Å²) in [5, 5.41) is 0. The number of ether oxygens (including phenoxy) is 1. The maximum Gasteiger partial charge on any atom is 0.0804 e. The van der Waals surface area contributed by atoms with Crippen LogP contribution in [0.4, 0.5) is 0 Å². The van der Waals surface area contributed by atoms with Crippen LogP contribution in [0.3, 0.4) is 0 Å². The van der Waals surface area contributed by atoms with Gasteiger partial charge in [0.15, 0.2) is 0 Å². The van der Waals surface area contributed by atoms with E-state index in [2.05, 4.69) is 16.8 Å². The van der Waals surface area contributed by atoms with Gasteiger partial charge in [-0.25, -0.2) is 0 Å². The number of rotatable bonds is 5. The summed E-state index contributed by atoms with van der Waals surface area (Å²) < 4.78 is 6.09. The van der Waals surface area contributed by atoms with Crippen molar-refractivity contribution in [3.05, 3.63) is 0 Å². The third-order valence-electron chi connectivity index (χ3n) is 4.30. The van der Waals surface area contributed by atoms with E-state index in [1.165, 1.54) is 39.0 Å². The molecule has 100 valence electrons. The van der Waals surface area contributed by atoms with Crippen LogP contribution in [-0.4, -0.2) is 68.3 Å². The number of likely N-dealkylation sites (N-methyl/N-ethyl adjacent to an activating group) is 1. The first-order valence-corrected chi connectivity index (χ1v) is 6.99. The van der Waals surface area contributed by atoms with Crippen LogP contribution in [-0.2, 0) is 4.74 Å². The van der Waals surface area contributed by atoms with Crippen molar-refractivity contribution in [3.63, 3.8) is 0 Å². The van der Waals surface area contributed by atoms with Gasteiger partial charge in [-0.1, -0.05) is 12.8 Å². The van der Waals surface area contributed by atoms with Gasteiger partial charge in [-0.15, -0.1) is 0 Å². The standard InChI is InChI=1S/C13H27N3O/c1-15-6-8-16(9-7-15)10-11-17-13(12-14)4-2-3-5-13/h2-12,14H2,1H3. The van der Waals surface area contributed by atoms with Gasteiger partial charge in [0.2, 0.25) is 0 Å². The number of hydrogen-bond acceptors (Lipinski definition) is 4. The van der Waals surface area contributed by atoms with Crippen molar-refractivity contribution in [2.24, 2.45) is 5.73 Å². The fourth-order valence-electron chi connectivity index (χ4n) is 2.89. The van der Waals surface area contributed by atoms with Crippen molar-refractivity contribution in [1.29, 1.82) is 0 Å². The molecule has 1 heterocycles. The monoisotopic (exact) mass is 241 g/mol. The molecule has 0 amide bonds. The number of nitrogens with zero attached hydrogens (tertiary/aromatic N) is 2. The predicted molar refractivity (Wildman–Crippen MR) is 70.1 cm³/mol. The molecule has 0 aromatic carbocycles. The van der Waals surface area contributed by atoms with Crippen molar-refractivity contribution >= 4 is 0 Å². The maximum atomic E-state index is 6.09. The van der Waals surface area contributed by atoms with E-state index in [0.717, 1.165) is 26.0 Å². The highest BCUT2D eigenvalue weighted by molar-refractivity contribution is 4.87. The molecule has 4 nitrogen and oxygen atoms in total. The van der Waals surface area contributed by atoms with Gasteiger partial charge in [0, 0.05) is 39.3 Å². The van der Waals surface area contributed by atoms with E-state index in [1.54, 1.807) is 0 Å². The van der Waals surface area contributed by atoms with E-state index in [0.29, 0.717) is 6.54 Å². The molecule has 17 heavy (non-hydrogen) atoms. The average molecular weight is 241 g/mol. The highest BCUT2D eigenvalue weighted by Gasteiger charge is 2.33. The minimum absolute atomic E-state index is 0.0204. The van der Waals surface area contributed by atoms with Crippen molar-refractivity contribution in [3.8, 4) is 0 Å². The van der Waals surface area contributed by atoms with E-state index in [4.69, 9.17) is 10.5 Å². The summed E-state index contributed by atoms with van der Waals surface area (Å²) in [6, 6.07) is 0. The zero-order valence-electron chi connectivity index (χ0n) is 11.2. The molecule has 2 fully saturated rings. The number of piperazine rings is 1. The molecule has 0 aromatic heterocycles. The van der Waals surface area contributed by atoms with Gasteiger partial charge in [-0.3, -0.25) is 4.90 Å². The fraction of sp³-hybridized carbons (Fsp3) is 1.00. The second-order valence-electron chi connectivity index (χ2n) is 5.59. The highest BCUT2D eigenvalue weighted by Crippen LogP contribution is 2.32. The second-order valence-corrected chi connectivity index (χ2v) is 5.59. The van der Waals surface area contributed by atoms with Gasteiger partial charge in [0.1, 0.15) is 0 Å². The molecule has 1 saturated carbocycles. The Balaban J connectivity index is 1.65. The Morgan fingerprint density at radius 1 is 1.12 bits per heavy atom. The zero-order chi connectivity index (χ0) is 12.1. The van der Waals surface area contributed by atoms with Crippen LogP contribution >= 0.6 is 0 Å². The molecule has 0 unspecified atom stereocenters. The zero-order valence-corrected chi connectivity index (χ0v) is 11.2. The average Bonchev–Trinajstić information content (AvgIpc) is 2.81. The van der Waals surface area contributed by atoms with Crippen LogP contribution in [0.2, 0.25) is 0 Å². The Kier molecular flexibility index (Phi) is 4.79. The number of nitrogens with two attached hydrogens (primary N) is 1. The predicted octanol–water partition coefficient (Wildman–Crippen LogP) is 0.522. The van der Waals surface area contributed by atoms with Crippen molar-refractivity contribution < 1.29 is 4.74 Å². The second kappa shape index (κ2) is 6.14. The van der Waals surface area contributed by atoms with Crippen molar-refractivity contribution in [1.82, 2.24) is 9.80 Å². The first kappa shape index (κ1) is 13.3. The molecular weight excluding hydrogens is 214 g/mol. The van der Waals surface area contributed by atoms with Gasteiger partial charge < -0.3 is 15.4 Å². The lowest BCUT2D eigenvalue weighted by Gasteiger charge is -2.34. The summed E-state index contributed by atoms with van der Waals surface area (Å²) in [5.41, 5.74) is 5.88. The largest absolute Gasteiger partial charge is 0.372 e. The van der Waals surface area contributed by atoms with Crippen LogP contribution in [0.1, 0.15) is 25.7 Å². The van der Waals surface area contributed by atoms with E-state index in [9.17, 15) is 0 Å². The summed E-state index contributed by atoms with van der Waals surface area (Å²) in [6.07, 6.45) is 4.88. The summed E-state index contributed by atoms with van der Waals surface area (Å²) in [6.45, 7) is 7.32. The smallest absolute Gasteiger partial charge is 0.0804 e. The Bertz CT molecular complexity index is 221. The lowest BCUT2D eigenvalue weighted by Crippen LogP contribution is -2.46. The molecule has 0 spiro atoms.